The number of likely N-dealkylation sites (tertiary alicyclic amines) is 1. The van der Waals surface area contributed by atoms with Gasteiger partial charge in [0, 0.05) is 12.6 Å². The topological polar surface area (TPSA) is 69.6 Å². The Bertz CT molecular complexity index is 503. The molecule has 2 rings (SSSR count). The normalized spacial score (nSPS) is 21.3. The molecule has 1 heterocycles. The molecule has 2 atom stereocenters. The van der Waals surface area contributed by atoms with Crippen molar-refractivity contribution in [3.8, 4) is 0 Å². The Morgan fingerprint density at radius 2 is 2.00 bits per heavy atom. The molecule has 1 fully saturated rings. The Labute approximate surface area is 118 Å². The number of rotatable bonds is 3. The van der Waals surface area contributed by atoms with Crippen molar-refractivity contribution < 1.29 is 14.7 Å². The number of aliphatic carboxylic acids is 1. The molecule has 2 N–H and O–H groups in total. The van der Waals surface area contributed by atoms with E-state index in [9.17, 15) is 14.7 Å². The average molecular weight is 276 g/mol. The summed E-state index contributed by atoms with van der Waals surface area (Å²) in [6, 6.07) is 8.61. The van der Waals surface area contributed by atoms with Gasteiger partial charge < -0.3 is 15.3 Å². The predicted octanol–water partition coefficient (Wildman–Crippen LogP) is 2.18. The Morgan fingerprint density at radius 3 is 2.50 bits per heavy atom. The molecule has 5 heteroatoms. The van der Waals surface area contributed by atoms with E-state index in [0.717, 1.165) is 12.8 Å². The molecule has 1 saturated heterocycles. The van der Waals surface area contributed by atoms with Crippen LogP contribution in [-0.4, -0.2) is 34.6 Å². The van der Waals surface area contributed by atoms with Crippen molar-refractivity contribution in [1.29, 1.82) is 0 Å². The van der Waals surface area contributed by atoms with Gasteiger partial charge in [-0.05, 0) is 32.3 Å². The van der Waals surface area contributed by atoms with Crippen LogP contribution in [0.2, 0.25) is 0 Å². The van der Waals surface area contributed by atoms with E-state index in [4.69, 9.17) is 0 Å². The molecule has 2 amide bonds. The quantitative estimate of drug-likeness (QED) is 0.889. The number of carboxylic acid groups (broad SMARTS) is 1. The van der Waals surface area contributed by atoms with Crippen molar-refractivity contribution in [2.24, 2.45) is 0 Å². The number of urea groups is 1. The van der Waals surface area contributed by atoms with Crippen LogP contribution in [0.5, 0.6) is 0 Å². The van der Waals surface area contributed by atoms with Gasteiger partial charge in [0.25, 0.3) is 0 Å². The van der Waals surface area contributed by atoms with Gasteiger partial charge in [0.1, 0.15) is 0 Å². The minimum atomic E-state index is -1.42. The van der Waals surface area contributed by atoms with Crippen molar-refractivity contribution in [2.75, 3.05) is 6.54 Å². The highest BCUT2D eigenvalue weighted by Crippen LogP contribution is 2.23. The van der Waals surface area contributed by atoms with Gasteiger partial charge in [0.05, 0.1) is 0 Å². The van der Waals surface area contributed by atoms with Gasteiger partial charge in [-0.2, -0.15) is 0 Å². The summed E-state index contributed by atoms with van der Waals surface area (Å²) >= 11 is 0. The summed E-state index contributed by atoms with van der Waals surface area (Å²) in [5.74, 6) is -1.07. The van der Waals surface area contributed by atoms with Crippen LogP contribution in [0.3, 0.4) is 0 Å². The maximum atomic E-state index is 12.3. The molecule has 2 unspecified atom stereocenters. The van der Waals surface area contributed by atoms with E-state index < -0.39 is 11.5 Å². The maximum absolute atomic E-state index is 12.3. The highest BCUT2D eigenvalue weighted by Gasteiger charge is 2.39. The monoisotopic (exact) mass is 276 g/mol. The first-order valence-corrected chi connectivity index (χ1v) is 6.83. The van der Waals surface area contributed by atoms with Crippen LogP contribution in [0.25, 0.3) is 0 Å². The fourth-order valence-electron chi connectivity index (χ4n) is 2.54. The van der Waals surface area contributed by atoms with Crippen LogP contribution in [0.4, 0.5) is 4.79 Å². The zero-order valence-corrected chi connectivity index (χ0v) is 11.8. The lowest BCUT2D eigenvalue weighted by molar-refractivity contribution is -0.144. The fourth-order valence-corrected chi connectivity index (χ4v) is 2.54. The van der Waals surface area contributed by atoms with Crippen LogP contribution in [0.15, 0.2) is 30.3 Å². The van der Waals surface area contributed by atoms with E-state index in [-0.39, 0.29) is 12.1 Å². The van der Waals surface area contributed by atoms with E-state index in [2.05, 4.69) is 5.32 Å². The molecule has 1 aromatic carbocycles. The highest BCUT2D eigenvalue weighted by atomic mass is 16.4. The molecule has 1 aromatic rings. The van der Waals surface area contributed by atoms with Gasteiger partial charge in [-0.25, -0.2) is 9.59 Å². The number of hydrogen-bond donors (Lipinski definition) is 2. The lowest BCUT2D eigenvalue weighted by Gasteiger charge is -2.31. The summed E-state index contributed by atoms with van der Waals surface area (Å²) in [7, 11) is 0. The largest absolute Gasteiger partial charge is 0.479 e. The first kappa shape index (κ1) is 14.4. The van der Waals surface area contributed by atoms with Gasteiger partial charge >= 0.3 is 12.0 Å². The highest BCUT2D eigenvalue weighted by molar-refractivity contribution is 5.87. The number of hydrogen-bond acceptors (Lipinski definition) is 2. The third-order valence-electron chi connectivity index (χ3n) is 3.95. The molecule has 0 aromatic heterocycles. The molecule has 0 saturated carbocycles. The van der Waals surface area contributed by atoms with Gasteiger partial charge in [0.15, 0.2) is 5.54 Å². The molecule has 1 aliphatic rings. The number of carboxylic acids is 1. The van der Waals surface area contributed by atoms with Crippen molar-refractivity contribution in [1.82, 2.24) is 10.2 Å². The van der Waals surface area contributed by atoms with Crippen LogP contribution in [0.1, 0.15) is 32.3 Å². The second-order valence-electron chi connectivity index (χ2n) is 5.41. The lowest BCUT2D eigenvalue weighted by atomic mass is 9.92. The van der Waals surface area contributed by atoms with E-state index in [0.29, 0.717) is 12.1 Å². The summed E-state index contributed by atoms with van der Waals surface area (Å²) in [4.78, 5) is 25.6. The standard InChI is InChI=1S/C15H20N2O3/c1-11-7-6-10-17(11)14(20)16-15(2,13(18)19)12-8-4-3-5-9-12/h3-5,8-9,11H,6-7,10H2,1-2H3,(H,16,20)(H,18,19). The number of amides is 2. The van der Waals surface area contributed by atoms with Crippen LogP contribution < -0.4 is 5.32 Å². The van der Waals surface area contributed by atoms with E-state index in [1.54, 1.807) is 29.2 Å². The molecule has 0 bridgehead atoms. The predicted molar refractivity (Wildman–Crippen MR) is 75.4 cm³/mol. The minimum absolute atomic E-state index is 0.156. The molecular formula is C15H20N2O3. The molecule has 1 aliphatic heterocycles. The molecule has 0 radical (unpaired) electrons. The second kappa shape index (κ2) is 5.53. The summed E-state index contributed by atoms with van der Waals surface area (Å²) in [5, 5.41) is 12.2. The van der Waals surface area contributed by atoms with Gasteiger partial charge in [0.2, 0.25) is 0 Å². The lowest BCUT2D eigenvalue weighted by Crippen LogP contribution is -2.54. The SMILES string of the molecule is CC1CCCN1C(=O)NC(C)(C(=O)O)c1ccccc1. The maximum Gasteiger partial charge on any atom is 0.333 e. The molecule has 5 nitrogen and oxygen atoms in total. The van der Waals surface area contributed by atoms with Crippen LogP contribution >= 0.6 is 0 Å². The number of benzene rings is 1. The zero-order chi connectivity index (χ0) is 14.8. The van der Waals surface area contributed by atoms with Crippen molar-refractivity contribution in [3.05, 3.63) is 35.9 Å². The Morgan fingerprint density at radius 1 is 1.35 bits per heavy atom. The van der Waals surface area contributed by atoms with Crippen molar-refractivity contribution in [3.63, 3.8) is 0 Å². The van der Waals surface area contributed by atoms with Gasteiger partial charge in [-0.15, -0.1) is 0 Å². The fraction of sp³-hybridized carbons (Fsp3) is 0.467. The minimum Gasteiger partial charge on any atom is -0.479 e. The first-order valence-electron chi connectivity index (χ1n) is 6.83. The van der Waals surface area contributed by atoms with Gasteiger partial charge in [-0.1, -0.05) is 30.3 Å². The zero-order valence-electron chi connectivity index (χ0n) is 11.8. The van der Waals surface area contributed by atoms with Gasteiger partial charge in [-0.3, -0.25) is 0 Å². The molecule has 20 heavy (non-hydrogen) atoms. The number of nitrogens with one attached hydrogen (secondary N) is 1. The summed E-state index contributed by atoms with van der Waals surface area (Å²) < 4.78 is 0. The number of carbonyl (C=O) groups is 2. The number of carbonyl (C=O) groups excluding carboxylic acids is 1. The third-order valence-corrected chi connectivity index (χ3v) is 3.95. The molecule has 0 spiro atoms. The average Bonchev–Trinajstić information content (AvgIpc) is 2.85. The Kier molecular flexibility index (Phi) is 3.97. The van der Waals surface area contributed by atoms with E-state index in [1.165, 1.54) is 6.92 Å². The smallest absolute Gasteiger partial charge is 0.333 e. The van der Waals surface area contributed by atoms with Crippen molar-refractivity contribution in [2.45, 2.75) is 38.3 Å². The van der Waals surface area contributed by atoms with E-state index in [1.807, 2.05) is 13.0 Å². The van der Waals surface area contributed by atoms with Crippen molar-refractivity contribution >= 4 is 12.0 Å². The Hall–Kier alpha value is -2.04. The molecular weight excluding hydrogens is 256 g/mol. The number of nitrogens with zero attached hydrogens (tertiary/aromatic N) is 1. The summed E-state index contributed by atoms with van der Waals surface area (Å²) in [5.41, 5.74) is -0.853. The van der Waals surface area contributed by atoms with Crippen LogP contribution in [-0.2, 0) is 10.3 Å². The summed E-state index contributed by atoms with van der Waals surface area (Å²) in [6.45, 7) is 4.17. The van der Waals surface area contributed by atoms with Crippen LogP contribution in [0, 0.1) is 0 Å². The molecule has 108 valence electrons. The molecule has 0 aliphatic carbocycles. The second-order valence-corrected chi connectivity index (χ2v) is 5.41. The Balaban J connectivity index is 2.22. The van der Waals surface area contributed by atoms with E-state index >= 15 is 0 Å². The first-order chi connectivity index (χ1) is 9.45. The summed E-state index contributed by atoms with van der Waals surface area (Å²) in [6.07, 6.45) is 1.92. The third kappa shape index (κ3) is 2.61.